The second-order valence-corrected chi connectivity index (χ2v) is 6.54. The average molecular weight is 282 g/mol. The molecule has 1 atom stereocenters. The zero-order valence-corrected chi connectivity index (χ0v) is 12.3. The molecule has 0 amide bonds. The summed E-state index contributed by atoms with van der Waals surface area (Å²) in [6.07, 6.45) is 3.01. The Labute approximate surface area is 120 Å². The van der Waals surface area contributed by atoms with Gasteiger partial charge in [0.15, 0.2) is 11.6 Å². The molecule has 1 fully saturated rings. The number of hydrogen-bond acceptors (Lipinski definition) is 2. The van der Waals surface area contributed by atoms with E-state index in [4.69, 9.17) is 5.73 Å². The molecule has 2 N–H and O–H groups in total. The Bertz CT molecular complexity index is 450. The fourth-order valence-electron chi connectivity index (χ4n) is 2.67. The molecule has 1 aromatic carbocycles. The van der Waals surface area contributed by atoms with E-state index in [2.05, 4.69) is 18.7 Å². The van der Waals surface area contributed by atoms with E-state index < -0.39 is 17.7 Å². The predicted octanol–water partition coefficient (Wildman–Crippen LogP) is 3.48. The Morgan fingerprint density at radius 3 is 2.55 bits per heavy atom. The fourth-order valence-corrected chi connectivity index (χ4v) is 2.67. The third kappa shape index (κ3) is 3.76. The minimum atomic E-state index is -0.822. The molecule has 1 heterocycles. The van der Waals surface area contributed by atoms with Gasteiger partial charge in [0.1, 0.15) is 0 Å². The highest BCUT2D eigenvalue weighted by Crippen LogP contribution is 2.30. The summed E-state index contributed by atoms with van der Waals surface area (Å²) >= 11 is 0. The highest BCUT2D eigenvalue weighted by Gasteiger charge is 2.25. The molecule has 0 bridgehead atoms. The van der Waals surface area contributed by atoms with Crippen molar-refractivity contribution in [3.63, 3.8) is 0 Å². The van der Waals surface area contributed by atoms with Crippen molar-refractivity contribution in [2.75, 3.05) is 19.6 Å². The van der Waals surface area contributed by atoms with E-state index in [1.165, 1.54) is 18.9 Å². The molecular weight excluding hydrogens is 258 g/mol. The van der Waals surface area contributed by atoms with Gasteiger partial charge in [0.2, 0.25) is 0 Å². The Balaban J connectivity index is 1.87. The SMILES string of the molecule is CC1(C)CCN(CCC(N)c2cccc(F)c2F)CC1. The Kier molecular flexibility index (Phi) is 4.76. The van der Waals surface area contributed by atoms with Crippen LogP contribution in [-0.2, 0) is 0 Å². The molecule has 0 radical (unpaired) electrons. The van der Waals surface area contributed by atoms with Crippen LogP contribution >= 0.6 is 0 Å². The highest BCUT2D eigenvalue weighted by molar-refractivity contribution is 5.22. The maximum Gasteiger partial charge on any atom is 0.163 e. The molecular formula is C16H24F2N2. The number of piperidine rings is 1. The molecule has 1 saturated heterocycles. The van der Waals surface area contributed by atoms with Crippen LogP contribution in [-0.4, -0.2) is 24.5 Å². The summed E-state index contributed by atoms with van der Waals surface area (Å²) in [6.45, 7) is 7.54. The summed E-state index contributed by atoms with van der Waals surface area (Å²) in [5, 5.41) is 0. The minimum Gasteiger partial charge on any atom is -0.324 e. The summed E-state index contributed by atoms with van der Waals surface area (Å²) < 4.78 is 26.8. The van der Waals surface area contributed by atoms with Crippen molar-refractivity contribution < 1.29 is 8.78 Å². The largest absolute Gasteiger partial charge is 0.324 e. The first-order valence-electron chi connectivity index (χ1n) is 7.31. The van der Waals surface area contributed by atoms with Crippen LogP contribution in [0, 0.1) is 17.0 Å². The molecule has 1 unspecified atom stereocenters. The normalized spacial score (nSPS) is 20.9. The number of hydrogen-bond donors (Lipinski definition) is 1. The lowest BCUT2D eigenvalue weighted by Gasteiger charge is -2.37. The number of nitrogens with zero attached hydrogens (tertiary/aromatic N) is 1. The summed E-state index contributed by atoms with van der Waals surface area (Å²) in [5.74, 6) is -1.63. The molecule has 0 aliphatic carbocycles. The molecule has 0 aromatic heterocycles. The minimum absolute atomic E-state index is 0.280. The van der Waals surface area contributed by atoms with Crippen molar-refractivity contribution in [1.82, 2.24) is 4.90 Å². The van der Waals surface area contributed by atoms with Gasteiger partial charge >= 0.3 is 0 Å². The van der Waals surface area contributed by atoms with Crippen molar-refractivity contribution >= 4 is 0 Å². The summed E-state index contributed by atoms with van der Waals surface area (Å²) in [7, 11) is 0. The third-order valence-electron chi connectivity index (χ3n) is 4.35. The lowest BCUT2D eigenvalue weighted by Crippen LogP contribution is -2.38. The van der Waals surface area contributed by atoms with Crippen LogP contribution < -0.4 is 5.73 Å². The van der Waals surface area contributed by atoms with Crippen LogP contribution in [0.3, 0.4) is 0 Å². The van der Waals surface area contributed by atoms with E-state index in [-0.39, 0.29) is 5.56 Å². The predicted molar refractivity (Wildman–Crippen MR) is 77.4 cm³/mol. The first-order valence-corrected chi connectivity index (χ1v) is 7.31. The lowest BCUT2D eigenvalue weighted by atomic mass is 9.82. The maximum atomic E-state index is 13.7. The third-order valence-corrected chi connectivity index (χ3v) is 4.35. The van der Waals surface area contributed by atoms with E-state index in [9.17, 15) is 8.78 Å². The van der Waals surface area contributed by atoms with Gasteiger partial charge < -0.3 is 10.6 Å². The van der Waals surface area contributed by atoms with Crippen LogP contribution in [0.5, 0.6) is 0 Å². The lowest BCUT2D eigenvalue weighted by molar-refractivity contribution is 0.129. The number of rotatable bonds is 4. The van der Waals surface area contributed by atoms with Gasteiger partial charge in [0.25, 0.3) is 0 Å². The molecule has 2 nitrogen and oxygen atoms in total. The van der Waals surface area contributed by atoms with Gasteiger partial charge in [0.05, 0.1) is 0 Å². The Morgan fingerprint density at radius 2 is 1.90 bits per heavy atom. The molecule has 112 valence electrons. The molecule has 2 rings (SSSR count). The quantitative estimate of drug-likeness (QED) is 0.916. The molecule has 0 saturated carbocycles. The van der Waals surface area contributed by atoms with Gasteiger partial charge in [-0.1, -0.05) is 26.0 Å². The van der Waals surface area contributed by atoms with Gasteiger partial charge in [-0.25, -0.2) is 8.78 Å². The maximum absolute atomic E-state index is 13.7. The summed E-state index contributed by atoms with van der Waals surface area (Å²) in [6, 6.07) is 3.76. The Hall–Kier alpha value is -1.00. The number of benzene rings is 1. The van der Waals surface area contributed by atoms with Crippen LogP contribution in [0.25, 0.3) is 0 Å². The molecule has 1 aliphatic rings. The van der Waals surface area contributed by atoms with Gasteiger partial charge in [-0.15, -0.1) is 0 Å². The van der Waals surface area contributed by atoms with Crippen molar-refractivity contribution in [3.8, 4) is 0 Å². The van der Waals surface area contributed by atoms with Crippen LogP contribution in [0.1, 0.15) is 44.7 Å². The van der Waals surface area contributed by atoms with E-state index >= 15 is 0 Å². The first kappa shape index (κ1) is 15.4. The second kappa shape index (κ2) is 6.19. The fraction of sp³-hybridized carbons (Fsp3) is 0.625. The van der Waals surface area contributed by atoms with Crippen molar-refractivity contribution in [2.45, 2.75) is 39.2 Å². The Morgan fingerprint density at radius 1 is 1.25 bits per heavy atom. The number of nitrogens with two attached hydrogens (primary N) is 1. The first-order chi connectivity index (χ1) is 9.39. The highest BCUT2D eigenvalue weighted by atomic mass is 19.2. The monoisotopic (exact) mass is 282 g/mol. The zero-order valence-electron chi connectivity index (χ0n) is 12.3. The standard InChI is InChI=1S/C16H24F2N2/c1-16(2)7-10-20(11-8-16)9-6-14(19)12-4-3-5-13(17)15(12)18/h3-5,14H,6-11,19H2,1-2H3. The van der Waals surface area contributed by atoms with E-state index in [0.717, 1.165) is 25.7 Å². The number of halogens is 2. The van der Waals surface area contributed by atoms with Crippen LogP contribution in [0.15, 0.2) is 18.2 Å². The van der Waals surface area contributed by atoms with E-state index in [1.807, 2.05) is 0 Å². The van der Waals surface area contributed by atoms with Gasteiger partial charge in [0, 0.05) is 11.6 Å². The molecule has 20 heavy (non-hydrogen) atoms. The topological polar surface area (TPSA) is 29.3 Å². The van der Waals surface area contributed by atoms with Gasteiger partial charge in [-0.05, 0) is 50.4 Å². The van der Waals surface area contributed by atoms with E-state index in [1.54, 1.807) is 6.07 Å². The van der Waals surface area contributed by atoms with Crippen LogP contribution in [0.2, 0.25) is 0 Å². The second-order valence-electron chi connectivity index (χ2n) is 6.54. The summed E-state index contributed by atoms with van der Waals surface area (Å²) in [4.78, 5) is 2.36. The smallest absolute Gasteiger partial charge is 0.163 e. The number of likely N-dealkylation sites (tertiary alicyclic amines) is 1. The van der Waals surface area contributed by atoms with Crippen molar-refractivity contribution in [1.29, 1.82) is 0 Å². The molecule has 0 spiro atoms. The molecule has 1 aromatic rings. The van der Waals surface area contributed by atoms with E-state index in [0.29, 0.717) is 11.8 Å². The van der Waals surface area contributed by atoms with Crippen molar-refractivity contribution in [2.24, 2.45) is 11.1 Å². The molecule has 1 aliphatic heterocycles. The van der Waals surface area contributed by atoms with Gasteiger partial charge in [-0.3, -0.25) is 0 Å². The summed E-state index contributed by atoms with van der Waals surface area (Å²) in [5.41, 5.74) is 6.71. The van der Waals surface area contributed by atoms with Crippen molar-refractivity contribution in [3.05, 3.63) is 35.4 Å². The molecule has 4 heteroatoms. The zero-order chi connectivity index (χ0) is 14.8. The van der Waals surface area contributed by atoms with Crippen LogP contribution in [0.4, 0.5) is 8.78 Å². The average Bonchev–Trinajstić information content (AvgIpc) is 2.40. The van der Waals surface area contributed by atoms with Gasteiger partial charge in [-0.2, -0.15) is 0 Å².